The number of aliphatic hydroxyl groups excluding tert-OH is 1. The van der Waals surface area contributed by atoms with Gasteiger partial charge in [-0.1, -0.05) is 35.5 Å². The van der Waals surface area contributed by atoms with Crippen molar-refractivity contribution in [3.05, 3.63) is 54.1 Å². The molecule has 6 N–H and O–H groups in total. The van der Waals surface area contributed by atoms with Crippen molar-refractivity contribution in [2.24, 2.45) is 17.5 Å². The van der Waals surface area contributed by atoms with Gasteiger partial charge in [0.1, 0.15) is 5.69 Å². The number of nitrogens with one attached hydrogen (secondary N) is 1. The lowest BCUT2D eigenvalue weighted by atomic mass is 9.80. The zero-order valence-corrected chi connectivity index (χ0v) is 15.2. The first-order chi connectivity index (χ1) is 13.0. The van der Waals surface area contributed by atoms with Gasteiger partial charge >= 0.3 is 0 Å². The molecule has 1 aliphatic carbocycles. The SMILES string of the molecule is CC(O)/C(=C/N)N(N)CC1CC(NC(=O)c2cc(-c3ccccc3)no2)C1. The molecule has 2 aromatic rings. The van der Waals surface area contributed by atoms with Crippen LogP contribution in [0.4, 0.5) is 0 Å². The molecule has 1 amide bonds. The van der Waals surface area contributed by atoms with Gasteiger partial charge < -0.3 is 25.7 Å². The van der Waals surface area contributed by atoms with E-state index in [-0.39, 0.29) is 17.7 Å². The molecule has 1 heterocycles. The third-order valence-corrected chi connectivity index (χ3v) is 4.76. The monoisotopic (exact) mass is 371 g/mol. The van der Waals surface area contributed by atoms with E-state index in [4.69, 9.17) is 16.1 Å². The number of hydrogen-bond donors (Lipinski definition) is 4. The molecule has 1 aliphatic rings. The first-order valence-corrected chi connectivity index (χ1v) is 8.93. The highest BCUT2D eigenvalue weighted by Crippen LogP contribution is 2.29. The molecule has 0 bridgehead atoms. The molecule has 1 aromatic carbocycles. The standard InChI is InChI=1S/C19H25N5O3/c1-12(25)17(10-20)24(21)11-13-7-15(8-13)22-19(26)18-9-16(23-27-18)14-5-3-2-4-6-14/h2-6,9-10,12-13,15,25H,7-8,11,20-21H2,1H3,(H,22,26)/b17-10-. The maximum absolute atomic E-state index is 12.3. The van der Waals surface area contributed by atoms with Crippen molar-refractivity contribution < 1.29 is 14.4 Å². The maximum atomic E-state index is 12.3. The number of amides is 1. The summed E-state index contributed by atoms with van der Waals surface area (Å²) in [6.45, 7) is 2.18. The fraction of sp³-hybridized carbons (Fsp3) is 0.368. The van der Waals surface area contributed by atoms with Gasteiger partial charge in [-0.2, -0.15) is 0 Å². The van der Waals surface area contributed by atoms with Crippen LogP contribution in [0.1, 0.15) is 30.3 Å². The largest absolute Gasteiger partial charge is 0.403 e. The number of benzene rings is 1. The van der Waals surface area contributed by atoms with Gasteiger partial charge in [-0.15, -0.1) is 0 Å². The molecule has 0 saturated heterocycles. The number of nitrogens with two attached hydrogens (primary N) is 2. The average molecular weight is 371 g/mol. The van der Waals surface area contributed by atoms with Crippen LogP contribution < -0.4 is 16.9 Å². The van der Waals surface area contributed by atoms with Gasteiger partial charge in [0.25, 0.3) is 5.91 Å². The number of hydrazine groups is 1. The van der Waals surface area contributed by atoms with E-state index in [2.05, 4.69) is 10.5 Å². The quantitative estimate of drug-likeness (QED) is 0.425. The molecule has 3 rings (SSSR count). The number of nitrogens with zero attached hydrogens (tertiary/aromatic N) is 2. The van der Waals surface area contributed by atoms with E-state index in [9.17, 15) is 9.90 Å². The zero-order chi connectivity index (χ0) is 19.4. The second kappa shape index (κ2) is 8.24. The van der Waals surface area contributed by atoms with E-state index in [0.717, 1.165) is 18.4 Å². The fourth-order valence-electron chi connectivity index (χ4n) is 3.24. The highest BCUT2D eigenvalue weighted by atomic mass is 16.5. The highest BCUT2D eigenvalue weighted by Gasteiger charge is 2.32. The number of carbonyl (C=O) groups excluding carboxylic acids is 1. The van der Waals surface area contributed by atoms with E-state index in [0.29, 0.717) is 23.9 Å². The van der Waals surface area contributed by atoms with Crippen molar-refractivity contribution in [3.63, 3.8) is 0 Å². The van der Waals surface area contributed by atoms with Gasteiger partial charge in [0.15, 0.2) is 0 Å². The Morgan fingerprint density at radius 3 is 2.78 bits per heavy atom. The van der Waals surface area contributed by atoms with Gasteiger partial charge in [-0.25, -0.2) is 5.84 Å². The Hall–Kier alpha value is -2.84. The molecule has 8 nitrogen and oxygen atoms in total. The normalized spacial score (nSPS) is 20.6. The van der Waals surface area contributed by atoms with E-state index >= 15 is 0 Å². The van der Waals surface area contributed by atoms with Gasteiger partial charge in [-0.3, -0.25) is 4.79 Å². The first kappa shape index (κ1) is 18.9. The number of rotatable bonds is 7. The van der Waals surface area contributed by atoms with E-state index < -0.39 is 6.10 Å². The third-order valence-electron chi connectivity index (χ3n) is 4.76. The summed E-state index contributed by atoms with van der Waals surface area (Å²) in [4.78, 5) is 12.3. The minimum Gasteiger partial charge on any atom is -0.403 e. The van der Waals surface area contributed by atoms with Crippen LogP contribution in [-0.4, -0.2) is 39.9 Å². The van der Waals surface area contributed by atoms with Crippen LogP contribution in [0.5, 0.6) is 0 Å². The van der Waals surface area contributed by atoms with Gasteiger partial charge in [0.2, 0.25) is 5.76 Å². The lowest BCUT2D eigenvalue weighted by Gasteiger charge is -2.38. The summed E-state index contributed by atoms with van der Waals surface area (Å²) in [5.74, 6) is 6.19. The van der Waals surface area contributed by atoms with Crippen molar-refractivity contribution >= 4 is 5.91 Å². The molecule has 1 aromatic heterocycles. The number of hydrogen-bond acceptors (Lipinski definition) is 7. The summed E-state index contributed by atoms with van der Waals surface area (Å²) in [5, 5.41) is 18.0. The van der Waals surface area contributed by atoms with E-state index in [1.165, 1.54) is 11.2 Å². The van der Waals surface area contributed by atoms with Crippen LogP contribution in [0.25, 0.3) is 11.3 Å². The first-order valence-electron chi connectivity index (χ1n) is 8.93. The predicted molar refractivity (Wildman–Crippen MR) is 101 cm³/mol. The molecule has 27 heavy (non-hydrogen) atoms. The van der Waals surface area contributed by atoms with Crippen molar-refractivity contribution in [2.45, 2.75) is 31.9 Å². The Bertz CT molecular complexity index is 797. The summed E-state index contributed by atoms with van der Waals surface area (Å²) in [7, 11) is 0. The second-order valence-electron chi connectivity index (χ2n) is 6.87. The third kappa shape index (κ3) is 4.47. The Kier molecular flexibility index (Phi) is 5.78. The van der Waals surface area contributed by atoms with Crippen molar-refractivity contribution in [1.29, 1.82) is 0 Å². The van der Waals surface area contributed by atoms with Crippen LogP contribution in [0.2, 0.25) is 0 Å². The molecule has 0 radical (unpaired) electrons. The van der Waals surface area contributed by atoms with Crippen LogP contribution in [0, 0.1) is 5.92 Å². The second-order valence-corrected chi connectivity index (χ2v) is 6.87. The van der Waals surface area contributed by atoms with Crippen molar-refractivity contribution in [2.75, 3.05) is 6.54 Å². The average Bonchev–Trinajstić information content (AvgIpc) is 3.11. The summed E-state index contributed by atoms with van der Waals surface area (Å²) in [6, 6.07) is 11.3. The fourth-order valence-corrected chi connectivity index (χ4v) is 3.24. The molecular weight excluding hydrogens is 346 g/mol. The van der Waals surface area contributed by atoms with Crippen LogP contribution in [-0.2, 0) is 0 Å². The number of aliphatic hydroxyl groups is 1. The lowest BCUT2D eigenvalue weighted by molar-refractivity contribution is 0.0823. The van der Waals surface area contributed by atoms with Gasteiger partial charge in [0, 0.05) is 30.4 Å². The zero-order valence-electron chi connectivity index (χ0n) is 15.2. The van der Waals surface area contributed by atoms with Crippen molar-refractivity contribution in [3.8, 4) is 11.3 Å². The Balaban J connectivity index is 1.48. The lowest BCUT2D eigenvalue weighted by Crippen LogP contribution is -2.49. The van der Waals surface area contributed by atoms with Crippen LogP contribution in [0.3, 0.4) is 0 Å². The topological polar surface area (TPSA) is 131 Å². The molecule has 1 atom stereocenters. The smallest absolute Gasteiger partial charge is 0.290 e. The molecular formula is C19H25N5O3. The highest BCUT2D eigenvalue weighted by molar-refractivity contribution is 5.92. The molecule has 144 valence electrons. The predicted octanol–water partition coefficient (Wildman–Crippen LogP) is 1.21. The summed E-state index contributed by atoms with van der Waals surface area (Å²) in [6.07, 6.45) is 2.20. The Morgan fingerprint density at radius 1 is 1.44 bits per heavy atom. The van der Waals surface area contributed by atoms with Crippen LogP contribution >= 0.6 is 0 Å². The minimum absolute atomic E-state index is 0.0676. The molecule has 1 fully saturated rings. The molecule has 0 aliphatic heterocycles. The minimum atomic E-state index is -0.721. The van der Waals surface area contributed by atoms with E-state index in [1.807, 2.05) is 30.3 Å². The Morgan fingerprint density at radius 2 is 2.15 bits per heavy atom. The summed E-state index contributed by atoms with van der Waals surface area (Å²) < 4.78 is 5.17. The molecule has 1 unspecified atom stereocenters. The summed E-state index contributed by atoms with van der Waals surface area (Å²) in [5.41, 5.74) is 7.51. The molecule has 8 heteroatoms. The maximum Gasteiger partial charge on any atom is 0.290 e. The van der Waals surface area contributed by atoms with E-state index in [1.54, 1.807) is 13.0 Å². The van der Waals surface area contributed by atoms with Crippen LogP contribution in [0.15, 0.2) is 52.8 Å². The Labute approximate surface area is 157 Å². The molecule has 1 saturated carbocycles. The van der Waals surface area contributed by atoms with Gasteiger partial charge in [-0.05, 0) is 25.7 Å². The van der Waals surface area contributed by atoms with Gasteiger partial charge in [0.05, 0.1) is 11.8 Å². The number of carbonyl (C=O) groups is 1. The molecule has 0 spiro atoms. The number of aromatic nitrogens is 1. The summed E-state index contributed by atoms with van der Waals surface area (Å²) >= 11 is 0. The van der Waals surface area contributed by atoms with Crippen molar-refractivity contribution in [1.82, 2.24) is 15.5 Å².